The number of hydrogen-bond acceptors (Lipinski definition) is 1. The van der Waals surface area contributed by atoms with Gasteiger partial charge in [0.1, 0.15) is 0 Å². The fourth-order valence-electron chi connectivity index (χ4n) is 2.50. The Labute approximate surface area is 116 Å². The van der Waals surface area contributed by atoms with E-state index in [1.807, 2.05) is 0 Å². The summed E-state index contributed by atoms with van der Waals surface area (Å²) in [7, 11) is 0. The van der Waals surface area contributed by atoms with Crippen LogP contribution >= 0.6 is 11.6 Å². The maximum atomic E-state index is 12.4. The van der Waals surface area contributed by atoms with Crippen LogP contribution in [0.1, 0.15) is 24.0 Å². The minimum Gasteiger partial charge on any atom is -0.299 e. The molecule has 0 aromatic heterocycles. The summed E-state index contributed by atoms with van der Waals surface area (Å²) < 4.78 is 37.3. The second kappa shape index (κ2) is 6.14. The molecule has 19 heavy (non-hydrogen) atoms. The predicted molar refractivity (Wildman–Crippen MR) is 70.2 cm³/mol. The average Bonchev–Trinajstić information content (AvgIpc) is 2.77. The second-order valence-corrected chi connectivity index (χ2v) is 5.44. The lowest BCUT2D eigenvalue weighted by atomic mass is 10.1. The number of nitrogens with zero attached hydrogens (tertiary/aromatic N) is 1. The molecule has 0 saturated carbocycles. The van der Waals surface area contributed by atoms with Gasteiger partial charge in [0.05, 0.1) is 5.56 Å². The van der Waals surface area contributed by atoms with E-state index in [1.54, 1.807) is 12.1 Å². The number of alkyl halides is 4. The zero-order valence-corrected chi connectivity index (χ0v) is 11.3. The largest absolute Gasteiger partial charge is 0.416 e. The zero-order valence-electron chi connectivity index (χ0n) is 10.6. The van der Waals surface area contributed by atoms with Gasteiger partial charge in [-0.1, -0.05) is 12.1 Å². The van der Waals surface area contributed by atoms with E-state index in [9.17, 15) is 13.2 Å². The van der Waals surface area contributed by atoms with Crippen LogP contribution in [0, 0.1) is 5.92 Å². The molecule has 106 valence electrons. The van der Waals surface area contributed by atoms with E-state index in [2.05, 4.69) is 4.90 Å². The summed E-state index contributed by atoms with van der Waals surface area (Å²) in [4.78, 5) is 2.28. The molecule has 0 bridgehead atoms. The molecule has 1 nitrogen and oxygen atoms in total. The van der Waals surface area contributed by atoms with E-state index >= 15 is 0 Å². The van der Waals surface area contributed by atoms with E-state index in [0.29, 0.717) is 11.8 Å². The SMILES string of the molecule is FC(F)(F)c1ccc(CN2CCC(CCCl)C2)cc1. The van der Waals surface area contributed by atoms with Crippen molar-refractivity contribution in [3.05, 3.63) is 35.4 Å². The standard InChI is InChI=1S/C14H17ClF3N/c15-7-5-12-6-8-19(10-12)9-11-1-3-13(4-2-11)14(16,17)18/h1-4,12H,5-10H2. The highest BCUT2D eigenvalue weighted by Crippen LogP contribution is 2.29. The molecule has 1 aliphatic heterocycles. The van der Waals surface area contributed by atoms with Crippen LogP contribution in [0.5, 0.6) is 0 Å². The van der Waals surface area contributed by atoms with E-state index in [-0.39, 0.29) is 0 Å². The molecule has 1 unspecified atom stereocenters. The monoisotopic (exact) mass is 291 g/mol. The quantitative estimate of drug-likeness (QED) is 0.753. The number of halogens is 4. The normalized spacial score (nSPS) is 20.9. The molecule has 1 atom stereocenters. The van der Waals surface area contributed by atoms with Crippen molar-refractivity contribution in [3.8, 4) is 0 Å². The fourth-order valence-corrected chi connectivity index (χ4v) is 2.81. The molecule has 0 spiro atoms. The van der Waals surface area contributed by atoms with Crippen LogP contribution in [0.15, 0.2) is 24.3 Å². The predicted octanol–water partition coefficient (Wildman–Crippen LogP) is 4.16. The molecule has 0 amide bonds. The van der Waals surface area contributed by atoms with E-state index in [1.165, 1.54) is 0 Å². The number of likely N-dealkylation sites (tertiary alicyclic amines) is 1. The second-order valence-electron chi connectivity index (χ2n) is 5.06. The van der Waals surface area contributed by atoms with Crippen molar-refractivity contribution in [2.24, 2.45) is 5.92 Å². The molecular formula is C14H17ClF3N. The molecule has 0 aliphatic carbocycles. The Morgan fingerprint density at radius 2 is 1.89 bits per heavy atom. The van der Waals surface area contributed by atoms with Gasteiger partial charge in [-0.05, 0) is 43.0 Å². The van der Waals surface area contributed by atoms with Gasteiger partial charge < -0.3 is 0 Å². The molecule has 5 heteroatoms. The van der Waals surface area contributed by atoms with E-state index < -0.39 is 11.7 Å². The van der Waals surface area contributed by atoms with Crippen molar-refractivity contribution in [3.63, 3.8) is 0 Å². The third-order valence-electron chi connectivity index (χ3n) is 3.57. The molecule has 0 radical (unpaired) electrons. The third-order valence-corrected chi connectivity index (χ3v) is 3.79. The van der Waals surface area contributed by atoms with E-state index in [4.69, 9.17) is 11.6 Å². The van der Waals surface area contributed by atoms with Crippen LogP contribution in [-0.2, 0) is 12.7 Å². The lowest BCUT2D eigenvalue weighted by molar-refractivity contribution is -0.137. The molecule has 2 rings (SSSR count). The van der Waals surface area contributed by atoms with Crippen LogP contribution < -0.4 is 0 Å². The van der Waals surface area contributed by atoms with Gasteiger partial charge in [0.2, 0.25) is 0 Å². The van der Waals surface area contributed by atoms with Gasteiger partial charge in [-0.25, -0.2) is 0 Å². The minimum absolute atomic E-state index is 0.585. The number of hydrogen-bond donors (Lipinski definition) is 0. The maximum absolute atomic E-state index is 12.4. The van der Waals surface area contributed by atoms with Gasteiger partial charge in [-0.3, -0.25) is 4.90 Å². The van der Waals surface area contributed by atoms with Gasteiger partial charge in [-0.15, -0.1) is 11.6 Å². The van der Waals surface area contributed by atoms with Gasteiger partial charge in [-0.2, -0.15) is 13.2 Å². The Kier molecular flexibility index (Phi) is 4.74. The maximum Gasteiger partial charge on any atom is 0.416 e. The van der Waals surface area contributed by atoms with Gasteiger partial charge in [0.25, 0.3) is 0 Å². The van der Waals surface area contributed by atoms with Crippen molar-refractivity contribution >= 4 is 11.6 Å². The van der Waals surface area contributed by atoms with Crippen molar-refractivity contribution in [2.75, 3.05) is 19.0 Å². The van der Waals surface area contributed by atoms with Crippen molar-refractivity contribution in [1.29, 1.82) is 0 Å². The molecule has 1 aromatic carbocycles. The number of benzene rings is 1. The first-order valence-corrected chi connectivity index (χ1v) is 6.97. The summed E-state index contributed by atoms with van der Waals surface area (Å²) in [5.41, 5.74) is 0.345. The highest BCUT2D eigenvalue weighted by Gasteiger charge is 2.30. The lowest BCUT2D eigenvalue weighted by Crippen LogP contribution is -2.20. The first-order valence-electron chi connectivity index (χ1n) is 6.43. The Hall–Kier alpha value is -0.740. The number of rotatable bonds is 4. The Morgan fingerprint density at radius 3 is 2.47 bits per heavy atom. The van der Waals surface area contributed by atoms with Crippen molar-refractivity contribution in [2.45, 2.75) is 25.6 Å². The highest BCUT2D eigenvalue weighted by molar-refractivity contribution is 6.17. The van der Waals surface area contributed by atoms with E-state index in [0.717, 1.165) is 50.2 Å². The molecule has 1 aromatic rings. The summed E-state index contributed by atoms with van der Waals surface area (Å²) >= 11 is 5.72. The average molecular weight is 292 g/mol. The topological polar surface area (TPSA) is 3.24 Å². The summed E-state index contributed by atoms with van der Waals surface area (Å²) in [6, 6.07) is 5.44. The molecule has 1 saturated heterocycles. The lowest BCUT2D eigenvalue weighted by Gasteiger charge is -2.16. The Bertz CT molecular complexity index is 402. The summed E-state index contributed by atoms with van der Waals surface area (Å²) in [5, 5.41) is 0. The Morgan fingerprint density at radius 1 is 1.21 bits per heavy atom. The van der Waals surface area contributed by atoms with Crippen LogP contribution in [0.4, 0.5) is 13.2 Å². The first kappa shape index (κ1) is 14.7. The first-order chi connectivity index (χ1) is 8.99. The van der Waals surface area contributed by atoms with Gasteiger partial charge in [0.15, 0.2) is 0 Å². The van der Waals surface area contributed by atoms with Gasteiger partial charge in [0, 0.05) is 19.0 Å². The highest BCUT2D eigenvalue weighted by atomic mass is 35.5. The van der Waals surface area contributed by atoms with Crippen molar-refractivity contribution < 1.29 is 13.2 Å². The minimum atomic E-state index is -4.25. The molecule has 1 fully saturated rings. The van der Waals surface area contributed by atoms with Crippen LogP contribution in [0.25, 0.3) is 0 Å². The fraction of sp³-hybridized carbons (Fsp3) is 0.571. The summed E-state index contributed by atoms with van der Waals surface area (Å²) in [5.74, 6) is 1.31. The Balaban J connectivity index is 1.90. The third kappa shape index (κ3) is 4.11. The van der Waals surface area contributed by atoms with Crippen molar-refractivity contribution in [1.82, 2.24) is 4.90 Å². The summed E-state index contributed by atoms with van der Waals surface area (Å²) in [6.45, 7) is 2.72. The molecule has 1 aliphatic rings. The molecule has 1 heterocycles. The van der Waals surface area contributed by atoms with Crippen LogP contribution in [-0.4, -0.2) is 23.9 Å². The molecule has 0 N–H and O–H groups in total. The van der Waals surface area contributed by atoms with Gasteiger partial charge >= 0.3 is 6.18 Å². The molecular weight excluding hydrogens is 275 g/mol. The summed E-state index contributed by atoms with van der Waals surface area (Å²) in [6.07, 6.45) is -2.10. The van der Waals surface area contributed by atoms with Crippen LogP contribution in [0.2, 0.25) is 0 Å². The zero-order chi connectivity index (χ0) is 13.9. The smallest absolute Gasteiger partial charge is 0.299 e. The van der Waals surface area contributed by atoms with Crippen LogP contribution in [0.3, 0.4) is 0 Å².